The summed E-state index contributed by atoms with van der Waals surface area (Å²) in [6, 6.07) is 5.02. The summed E-state index contributed by atoms with van der Waals surface area (Å²) in [5.41, 5.74) is 9.12. The van der Waals surface area contributed by atoms with E-state index in [2.05, 4.69) is 10.3 Å². The van der Waals surface area contributed by atoms with Crippen molar-refractivity contribution < 1.29 is 9.53 Å². The van der Waals surface area contributed by atoms with Gasteiger partial charge < -0.3 is 15.8 Å². The van der Waals surface area contributed by atoms with E-state index in [9.17, 15) is 4.79 Å². The maximum Gasteiger partial charge on any atom is 0.248 e. The van der Waals surface area contributed by atoms with Gasteiger partial charge in [0.1, 0.15) is 5.75 Å². The average Bonchev–Trinajstić information content (AvgIpc) is 2.89. The third-order valence-corrected chi connectivity index (χ3v) is 3.06. The van der Waals surface area contributed by atoms with Crippen LogP contribution < -0.4 is 15.8 Å². The molecule has 2 aromatic rings. The van der Waals surface area contributed by atoms with Crippen molar-refractivity contribution in [2.75, 3.05) is 12.4 Å². The van der Waals surface area contributed by atoms with Crippen LogP contribution in [0.4, 0.5) is 5.69 Å². The molecule has 0 saturated heterocycles. The Balaban J connectivity index is 2.18. The van der Waals surface area contributed by atoms with Gasteiger partial charge in [-0.15, -0.1) is 11.3 Å². The molecular formula is C12H13N3O2S. The third-order valence-electron chi connectivity index (χ3n) is 2.43. The normalized spacial score (nSPS) is 10.1. The van der Waals surface area contributed by atoms with Gasteiger partial charge in [-0.25, -0.2) is 4.98 Å². The second-order valence-corrected chi connectivity index (χ2v) is 4.33. The van der Waals surface area contributed by atoms with Crippen molar-refractivity contribution in [2.24, 2.45) is 5.73 Å². The van der Waals surface area contributed by atoms with Crippen molar-refractivity contribution in [2.45, 2.75) is 6.54 Å². The van der Waals surface area contributed by atoms with Crippen LogP contribution in [-0.2, 0) is 6.54 Å². The highest BCUT2D eigenvalue weighted by Gasteiger charge is 2.07. The van der Waals surface area contributed by atoms with E-state index in [-0.39, 0.29) is 0 Å². The first-order valence-corrected chi connectivity index (χ1v) is 6.24. The molecule has 6 heteroatoms. The van der Waals surface area contributed by atoms with Crippen molar-refractivity contribution in [3.05, 3.63) is 40.3 Å². The molecule has 5 nitrogen and oxygen atoms in total. The molecule has 0 unspecified atom stereocenters. The van der Waals surface area contributed by atoms with Gasteiger partial charge in [-0.1, -0.05) is 0 Å². The number of benzene rings is 1. The molecular weight excluding hydrogens is 250 g/mol. The van der Waals surface area contributed by atoms with Gasteiger partial charge in [0, 0.05) is 10.9 Å². The van der Waals surface area contributed by atoms with Crippen LogP contribution in [0.5, 0.6) is 5.75 Å². The van der Waals surface area contributed by atoms with Gasteiger partial charge in [-0.3, -0.25) is 4.79 Å². The topological polar surface area (TPSA) is 77.2 Å². The first kappa shape index (κ1) is 12.4. The van der Waals surface area contributed by atoms with E-state index in [1.807, 2.05) is 5.38 Å². The van der Waals surface area contributed by atoms with Crippen molar-refractivity contribution >= 4 is 22.9 Å². The Morgan fingerprint density at radius 2 is 2.39 bits per heavy atom. The average molecular weight is 263 g/mol. The molecule has 3 N–H and O–H groups in total. The molecule has 18 heavy (non-hydrogen) atoms. The number of ether oxygens (including phenoxy) is 1. The standard InChI is InChI=1S/C12H13N3O2S/c1-17-11-3-2-8(12(13)16)4-10(11)14-5-9-6-18-7-15-9/h2-4,6-7,14H,5H2,1H3,(H2,13,16). The number of carbonyl (C=O) groups excluding carboxylic acids is 1. The lowest BCUT2D eigenvalue weighted by atomic mass is 10.1. The lowest BCUT2D eigenvalue weighted by Gasteiger charge is -2.11. The Hall–Kier alpha value is -2.08. The van der Waals surface area contributed by atoms with Crippen LogP contribution in [0.25, 0.3) is 0 Å². The first-order chi connectivity index (χ1) is 8.70. The molecule has 1 aromatic carbocycles. The highest BCUT2D eigenvalue weighted by atomic mass is 32.1. The van der Waals surface area contributed by atoms with Crippen LogP contribution in [0.1, 0.15) is 16.1 Å². The Morgan fingerprint density at radius 1 is 1.56 bits per heavy atom. The fraction of sp³-hybridized carbons (Fsp3) is 0.167. The predicted molar refractivity (Wildman–Crippen MR) is 71.0 cm³/mol. The Kier molecular flexibility index (Phi) is 3.78. The first-order valence-electron chi connectivity index (χ1n) is 5.29. The molecule has 0 bridgehead atoms. The molecule has 0 atom stereocenters. The van der Waals surface area contributed by atoms with Crippen molar-refractivity contribution in [1.82, 2.24) is 4.98 Å². The molecule has 94 valence electrons. The number of hydrogen-bond acceptors (Lipinski definition) is 5. The molecule has 1 aromatic heterocycles. The smallest absolute Gasteiger partial charge is 0.248 e. The van der Waals surface area contributed by atoms with Crippen molar-refractivity contribution in [3.63, 3.8) is 0 Å². The lowest BCUT2D eigenvalue weighted by Crippen LogP contribution is -2.11. The number of aromatic nitrogens is 1. The van der Waals surface area contributed by atoms with E-state index in [0.29, 0.717) is 17.9 Å². The number of nitrogens with two attached hydrogens (primary N) is 1. The van der Waals surface area contributed by atoms with Gasteiger partial charge in [0.25, 0.3) is 0 Å². The van der Waals surface area contributed by atoms with Crippen LogP contribution in [0, 0.1) is 0 Å². The number of nitrogens with zero attached hydrogens (tertiary/aromatic N) is 1. The van der Waals surface area contributed by atoms with Crippen LogP contribution in [0.15, 0.2) is 29.1 Å². The summed E-state index contributed by atoms with van der Waals surface area (Å²) < 4.78 is 5.22. The summed E-state index contributed by atoms with van der Waals surface area (Å²) in [6.07, 6.45) is 0. The molecule has 0 spiro atoms. The molecule has 0 aliphatic carbocycles. The number of hydrogen-bond donors (Lipinski definition) is 2. The minimum absolute atomic E-state index is 0.441. The summed E-state index contributed by atoms with van der Waals surface area (Å²) in [7, 11) is 1.58. The number of rotatable bonds is 5. The van der Waals surface area contributed by atoms with Gasteiger partial charge in [0.15, 0.2) is 0 Å². The predicted octanol–water partition coefficient (Wildman–Crippen LogP) is 1.86. The zero-order valence-corrected chi connectivity index (χ0v) is 10.7. The Labute approximate surface area is 109 Å². The number of carbonyl (C=O) groups is 1. The fourth-order valence-electron chi connectivity index (χ4n) is 1.51. The zero-order chi connectivity index (χ0) is 13.0. The molecule has 1 heterocycles. The minimum Gasteiger partial charge on any atom is -0.495 e. The van der Waals surface area contributed by atoms with E-state index < -0.39 is 5.91 Å². The van der Waals surface area contributed by atoms with Gasteiger partial charge in [0.2, 0.25) is 5.91 Å². The molecule has 1 amide bonds. The SMILES string of the molecule is COc1ccc(C(N)=O)cc1NCc1cscn1. The largest absolute Gasteiger partial charge is 0.495 e. The Morgan fingerprint density at radius 3 is 3.00 bits per heavy atom. The quantitative estimate of drug-likeness (QED) is 0.863. The second kappa shape index (κ2) is 5.50. The molecule has 0 aliphatic rings. The fourth-order valence-corrected chi connectivity index (χ4v) is 2.07. The van der Waals surface area contributed by atoms with Gasteiger partial charge in [-0.05, 0) is 18.2 Å². The summed E-state index contributed by atoms with van der Waals surface area (Å²) in [6.45, 7) is 0.572. The van der Waals surface area contributed by atoms with Gasteiger partial charge in [-0.2, -0.15) is 0 Å². The highest BCUT2D eigenvalue weighted by Crippen LogP contribution is 2.25. The van der Waals surface area contributed by atoms with Crippen molar-refractivity contribution in [1.29, 1.82) is 0 Å². The molecule has 0 aliphatic heterocycles. The number of methoxy groups -OCH3 is 1. The minimum atomic E-state index is -0.464. The maximum absolute atomic E-state index is 11.1. The Bertz CT molecular complexity index is 540. The number of amides is 1. The van der Waals surface area contributed by atoms with Crippen molar-refractivity contribution in [3.8, 4) is 5.75 Å². The maximum atomic E-state index is 11.1. The number of thiazole rings is 1. The third kappa shape index (κ3) is 2.78. The molecule has 0 fully saturated rings. The summed E-state index contributed by atoms with van der Waals surface area (Å²) in [5.74, 6) is 0.199. The monoisotopic (exact) mass is 263 g/mol. The van der Waals surface area contributed by atoms with Gasteiger partial charge in [0.05, 0.1) is 30.5 Å². The lowest BCUT2D eigenvalue weighted by molar-refractivity contribution is 0.100. The van der Waals surface area contributed by atoms with Crippen LogP contribution in [0.2, 0.25) is 0 Å². The van der Waals surface area contributed by atoms with Crippen LogP contribution >= 0.6 is 11.3 Å². The zero-order valence-electron chi connectivity index (χ0n) is 9.84. The number of primary amides is 1. The van der Waals surface area contributed by atoms with E-state index in [1.54, 1.807) is 30.8 Å². The van der Waals surface area contributed by atoms with Crippen LogP contribution in [0.3, 0.4) is 0 Å². The number of anilines is 1. The van der Waals surface area contributed by atoms with Crippen LogP contribution in [-0.4, -0.2) is 18.0 Å². The second-order valence-electron chi connectivity index (χ2n) is 3.61. The van der Waals surface area contributed by atoms with E-state index in [4.69, 9.17) is 10.5 Å². The van der Waals surface area contributed by atoms with E-state index in [0.717, 1.165) is 11.4 Å². The summed E-state index contributed by atoms with van der Waals surface area (Å²) in [4.78, 5) is 15.3. The summed E-state index contributed by atoms with van der Waals surface area (Å²) in [5, 5.41) is 5.13. The van der Waals surface area contributed by atoms with E-state index in [1.165, 1.54) is 11.3 Å². The number of nitrogens with one attached hydrogen (secondary N) is 1. The molecule has 2 rings (SSSR count). The van der Waals surface area contributed by atoms with E-state index >= 15 is 0 Å². The molecule has 0 radical (unpaired) electrons. The van der Waals surface area contributed by atoms with Gasteiger partial charge >= 0.3 is 0 Å². The molecule has 0 saturated carbocycles. The highest BCUT2D eigenvalue weighted by molar-refractivity contribution is 7.07. The summed E-state index contributed by atoms with van der Waals surface area (Å²) >= 11 is 1.54.